The fraction of sp³-hybridized carbons (Fsp3) is 0. The number of hydrazine groups is 1. The first-order valence-electron chi connectivity index (χ1n) is 2.95. The number of benzene rings is 1. The summed E-state index contributed by atoms with van der Waals surface area (Å²) in [6.07, 6.45) is 0. The molecule has 1 rings (SSSR count). The number of nitrogen functional groups attached to an aromatic ring is 1. The molecule has 0 fully saturated rings. The smallest absolute Gasteiger partial charge is 0.269 e. The summed E-state index contributed by atoms with van der Waals surface area (Å²) in [5, 5.41) is 10.2. The summed E-state index contributed by atoms with van der Waals surface area (Å²) in [6.45, 7) is 0. The Morgan fingerprint density at radius 1 is 1.33 bits per heavy atom. The molecule has 0 saturated heterocycles. The molecule has 6 heteroatoms. The van der Waals surface area contributed by atoms with Gasteiger partial charge < -0.3 is 5.43 Å². The maximum Gasteiger partial charge on any atom is 0.269 e. The number of non-ortho nitro benzene ring substituents is 1. The maximum absolute atomic E-state index is 10.2. The van der Waals surface area contributed by atoms with Crippen LogP contribution < -0.4 is 11.3 Å². The molecule has 0 aliphatic carbocycles. The molecule has 12 heavy (non-hydrogen) atoms. The molecule has 0 aliphatic rings. The van der Waals surface area contributed by atoms with Gasteiger partial charge in [0, 0.05) is 17.8 Å². The summed E-state index contributed by atoms with van der Waals surface area (Å²) in [4.78, 5) is 9.70. The van der Waals surface area contributed by atoms with Gasteiger partial charge in [0.2, 0.25) is 0 Å². The van der Waals surface area contributed by atoms with Crippen molar-refractivity contribution >= 4 is 23.8 Å². The fourth-order valence-electron chi connectivity index (χ4n) is 0.679. The Labute approximate surface area is 75.1 Å². The number of rotatable bonds is 2. The number of nitro groups is 1. The molecule has 0 aliphatic heterocycles. The lowest BCUT2D eigenvalue weighted by Gasteiger charge is -1.96. The van der Waals surface area contributed by atoms with Crippen LogP contribution in [0.5, 0.6) is 0 Å². The first-order chi connectivity index (χ1) is 5.24. The van der Waals surface area contributed by atoms with Crippen molar-refractivity contribution in [2.75, 3.05) is 5.43 Å². The number of nitrogens with one attached hydrogen (secondary N) is 1. The van der Waals surface area contributed by atoms with Crippen LogP contribution in [-0.2, 0) is 0 Å². The zero-order valence-electron chi connectivity index (χ0n) is 6.06. The highest BCUT2D eigenvalue weighted by Gasteiger charge is 2.01. The van der Waals surface area contributed by atoms with Crippen molar-refractivity contribution in [2.24, 2.45) is 5.84 Å². The third-order valence-corrected chi connectivity index (χ3v) is 1.24. The minimum Gasteiger partial charge on any atom is -0.324 e. The van der Waals surface area contributed by atoms with E-state index < -0.39 is 4.92 Å². The molecule has 0 unspecified atom stereocenters. The van der Waals surface area contributed by atoms with Crippen LogP contribution in [0.15, 0.2) is 24.3 Å². The van der Waals surface area contributed by atoms with Gasteiger partial charge in [0.25, 0.3) is 5.69 Å². The van der Waals surface area contributed by atoms with E-state index in [4.69, 9.17) is 5.84 Å². The topological polar surface area (TPSA) is 81.2 Å². The second-order valence-corrected chi connectivity index (χ2v) is 1.95. The second kappa shape index (κ2) is 4.53. The summed E-state index contributed by atoms with van der Waals surface area (Å²) in [5.74, 6) is 5.06. The van der Waals surface area contributed by atoms with E-state index in [1.165, 1.54) is 24.3 Å². The van der Waals surface area contributed by atoms with E-state index in [9.17, 15) is 10.1 Å². The average Bonchev–Trinajstić information content (AvgIpc) is 2.05. The van der Waals surface area contributed by atoms with Gasteiger partial charge in [-0.3, -0.25) is 16.0 Å². The third-order valence-electron chi connectivity index (χ3n) is 1.24. The number of hydrogen-bond acceptors (Lipinski definition) is 4. The molecule has 0 bridgehead atoms. The minimum absolute atomic E-state index is 0. The Morgan fingerprint density at radius 3 is 2.17 bits per heavy atom. The molecule has 66 valence electrons. The van der Waals surface area contributed by atoms with E-state index in [2.05, 4.69) is 5.43 Å². The molecule has 0 radical (unpaired) electrons. The van der Waals surface area contributed by atoms with E-state index >= 15 is 0 Å². The Kier molecular flexibility index (Phi) is 4.03. The molecular weight excluding hydrogens is 187 g/mol. The Bertz CT molecular complexity index is 262. The van der Waals surface area contributed by atoms with E-state index in [1.807, 2.05) is 0 Å². The summed E-state index contributed by atoms with van der Waals surface area (Å²) < 4.78 is 0. The molecule has 0 aromatic heterocycles. The van der Waals surface area contributed by atoms with Crippen LogP contribution >= 0.6 is 12.4 Å². The number of hydrogen-bond donors (Lipinski definition) is 2. The number of nitro benzene ring substituents is 1. The zero-order valence-corrected chi connectivity index (χ0v) is 6.88. The SMILES string of the molecule is Cl.NN[13c]1[13cH][13cH][13c]([N+](=O)[O-])[13cH][13cH]1. The highest BCUT2D eigenvalue weighted by atomic mass is 35.5. The zero-order chi connectivity index (χ0) is 8.27. The third kappa shape index (κ3) is 2.37. The molecular formula is C6H8ClN3O2. The second-order valence-electron chi connectivity index (χ2n) is 1.95. The van der Waals surface area contributed by atoms with E-state index in [1.54, 1.807) is 0 Å². The summed E-state index contributed by atoms with van der Waals surface area (Å²) in [5.41, 5.74) is 3.08. The molecule has 0 spiro atoms. The van der Waals surface area contributed by atoms with Gasteiger partial charge >= 0.3 is 0 Å². The first kappa shape index (κ1) is 10.7. The molecule has 1 aromatic rings. The fourth-order valence-corrected chi connectivity index (χ4v) is 0.679. The van der Waals surface area contributed by atoms with Gasteiger partial charge in [-0.2, -0.15) is 0 Å². The number of nitrogens with two attached hydrogens (primary N) is 1. The van der Waals surface area contributed by atoms with Gasteiger partial charge in [0.1, 0.15) is 0 Å². The number of halogens is 1. The van der Waals surface area contributed by atoms with Crippen molar-refractivity contribution in [2.45, 2.75) is 0 Å². The lowest BCUT2D eigenvalue weighted by atomic mass is 11.2. The van der Waals surface area contributed by atoms with Crippen LogP contribution in [-0.4, -0.2) is 4.92 Å². The van der Waals surface area contributed by atoms with Crippen molar-refractivity contribution in [1.82, 2.24) is 0 Å². The van der Waals surface area contributed by atoms with Gasteiger partial charge in [-0.05, 0) is 12.1 Å². The highest BCUT2D eigenvalue weighted by Crippen LogP contribution is 2.13. The van der Waals surface area contributed by atoms with Crippen molar-refractivity contribution in [3.8, 4) is 0 Å². The number of nitrogens with zero attached hydrogens (tertiary/aromatic N) is 1. The molecule has 0 heterocycles. The summed E-state index contributed by atoms with van der Waals surface area (Å²) in [7, 11) is 0. The Balaban J connectivity index is 0.00000121. The molecule has 5 nitrogen and oxygen atoms in total. The van der Waals surface area contributed by atoms with Crippen LogP contribution in [0.2, 0.25) is 0 Å². The molecule has 1 aromatic carbocycles. The van der Waals surface area contributed by atoms with Crippen molar-refractivity contribution < 1.29 is 4.92 Å². The largest absolute Gasteiger partial charge is 0.324 e. The lowest BCUT2D eigenvalue weighted by Crippen LogP contribution is -2.06. The lowest BCUT2D eigenvalue weighted by molar-refractivity contribution is -0.384. The van der Waals surface area contributed by atoms with Crippen LogP contribution in [0.4, 0.5) is 11.4 Å². The average molecular weight is 196 g/mol. The van der Waals surface area contributed by atoms with E-state index in [0.717, 1.165) is 0 Å². The van der Waals surface area contributed by atoms with Gasteiger partial charge in [0.15, 0.2) is 0 Å². The van der Waals surface area contributed by atoms with E-state index in [-0.39, 0.29) is 18.1 Å². The number of anilines is 1. The van der Waals surface area contributed by atoms with Crippen molar-refractivity contribution in [1.29, 1.82) is 0 Å². The Morgan fingerprint density at radius 2 is 1.83 bits per heavy atom. The van der Waals surface area contributed by atoms with Gasteiger partial charge in [-0.1, -0.05) is 0 Å². The highest BCUT2D eigenvalue weighted by molar-refractivity contribution is 5.85. The minimum atomic E-state index is -0.458. The predicted molar refractivity (Wildman–Crippen MR) is 48.2 cm³/mol. The van der Waals surface area contributed by atoms with Crippen LogP contribution in [0.25, 0.3) is 0 Å². The maximum atomic E-state index is 10.2. The van der Waals surface area contributed by atoms with Gasteiger partial charge in [0.05, 0.1) is 4.92 Å². The van der Waals surface area contributed by atoms with Crippen LogP contribution in [0.1, 0.15) is 0 Å². The van der Waals surface area contributed by atoms with E-state index in [0.29, 0.717) is 5.69 Å². The quantitative estimate of drug-likeness (QED) is 0.423. The Hall–Kier alpha value is -1.33. The summed E-state index contributed by atoms with van der Waals surface area (Å²) >= 11 is 0. The standard InChI is InChI=1S/C6H7N3O2.ClH/c7-8-5-1-3-6(4-2-5)9(10)11;/h1-4,8H,7H2;1H/i1+1,2+1,3+1,4+1,5+1,6+1;. The van der Waals surface area contributed by atoms with Crippen molar-refractivity contribution in [3.63, 3.8) is 0 Å². The monoisotopic (exact) mass is 195 g/mol. The molecule has 3 N–H and O–H groups in total. The molecule has 0 saturated carbocycles. The predicted octanol–water partition coefficient (Wildman–Crippen LogP) is 1.30. The van der Waals surface area contributed by atoms with Crippen LogP contribution in [0.3, 0.4) is 0 Å². The normalized spacial score (nSPS) is 8.42. The van der Waals surface area contributed by atoms with Crippen molar-refractivity contribution in [3.05, 3.63) is 34.4 Å². The molecule has 0 amide bonds. The molecule has 0 atom stereocenters. The van der Waals surface area contributed by atoms with Gasteiger partial charge in [-0.25, -0.2) is 0 Å². The van der Waals surface area contributed by atoms with Gasteiger partial charge in [-0.15, -0.1) is 12.4 Å². The first-order valence-corrected chi connectivity index (χ1v) is 2.95. The summed E-state index contributed by atoms with van der Waals surface area (Å²) in [6, 6.07) is 5.85. The van der Waals surface area contributed by atoms with Crippen LogP contribution in [0, 0.1) is 10.1 Å².